The average Bonchev–Trinajstić information content (AvgIpc) is 3.29. The van der Waals surface area contributed by atoms with Gasteiger partial charge in [0.25, 0.3) is 0 Å². The van der Waals surface area contributed by atoms with E-state index in [9.17, 15) is 4.79 Å². The number of rotatable bonds is 1. The Morgan fingerprint density at radius 2 is 2.20 bits per heavy atom. The number of quaternary nitrogens is 1. The van der Waals surface area contributed by atoms with Crippen molar-refractivity contribution in [3.05, 3.63) is 42.1 Å². The van der Waals surface area contributed by atoms with Gasteiger partial charge in [0.05, 0.1) is 30.8 Å². The second kappa shape index (κ2) is 4.12. The Kier molecular flexibility index (Phi) is 2.37. The summed E-state index contributed by atoms with van der Waals surface area (Å²) in [5.74, 6) is 0.928. The van der Waals surface area contributed by atoms with Crippen LogP contribution in [-0.4, -0.2) is 24.7 Å². The number of carbonyl (C=O) groups excluding carboxylic acids is 1. The number of fused-ring (bicyclic) bond motifs is 1. The summed E-state index contributed by atoms with van der Waals surface area (Å²) in [6.07, 6.45) is 8.06. The van der Waals surface area contributed by atoms with Gasteiger partial charge in [-0.15, -0.1) is 0 Å². The SMILES string of the molecule is COC(=O)[C@@H]1C[C@@]23C=C[NH2+][C@@H]4CC[C@@]5(c6ccccc6N[C@]15[C@@H]2C)[C@H]43. The van der Waals surface area contributed by atoms with Gasteiger partial charge >= 0.3 is 5.97 Å². The van der Waals surface area contributed by atoms with Crippen molar-refractivity contribution in [2.45, 2.75) is 43.2 Å². The first-order valence-electron chi connectivity index (χ1n) is 9.60. The van der Waals surface area contributed by atoms with Crippen molar-refractivity contribution < 1.29 is 14.8 Å². The molecule has 7 atom stereocenters. The summed E-state index contributed by atoms with van der Waals surface area (Å²) in [5.41, 5.74) is 2.68. The summed E-state index contributed by atoms with van der Waals surface area (Å²) in [5, 5.41) is 6.37. The molecular formula is C21H25N2O2+. The number of ether oxygens (including phenoxy) is 1. The number of hydrogen-bond donors (Lipinski definition) is 2. The maximum absolute atomic E-state index is 12.9. The molecule has 2 bridgehead atoms. The fourth-order valence-corrected chi connectivity index (χ4v) is 8.26. The Labute approximate surface area is 148 Å². The molecule has 5 aliphatic rings. The molecule has 1 aromatic rings. The molecule has 0 saturated heterocycles. The molecule has 0 aromatic heterocycles. The number of nitrogens with two attached hydrogens (primary N) is 1. The van der Waals surface area contributed by atoms with Gasteiger partial charge in [-0.25, -0.2) is 0 Å². The molecule has 2 aliphatic heterocycles. The molecule has 25 heavy (non-hydrogen) atoms. The summed E-state index contributed by atoms with van der Waals surface area (Å²) in [4.78, 5) is 12.9. The third-order valence-electron chi connectivity index (χ3n) is 8.74. The minimum Gasteiger partial charge on any atom is -0.469 e. The highest BCUT2D eigenvalue weighted by molar-refractivity contribution is 5.82. The van der Waals surface area contributed by atoms with Crippen LogP contribution in [0.3, 0.4) is 0 Å². The van der Waals surface area contributed by atoms with Crippen LogP contribution in [0.4, 0.5) is 5.69 Å². The van der Waals surface area contributed by atoms with Gasteiger partial charge in [-0.1, -0.05) is 25.1 Å². The number of allylic oxidation sites excluding steroid dienone is 1. The molecule has 4 nitrogen and oxygen atoms in total. The van der Waals surface area contributed by atoms with E-state index in [0.717, 1.165) is 6.42 Å². The number of hydrogen-bond acceptors (Lipinski definition) is 3. The molecule has 0 unspecified atom stereocenters. The largest absolute Gasteiger partial charge is 0.469 e. The first-order valence-corrected chi connectivity index (χ1v) is 9.60. The smallest absolute Gasteiger partial charge is 0.311 e. The molecule has 3 aliphatic carbocycles. The van der Waals surface area contributed by atoms with Crippen LogP contribution < -0.4 is 10.6 Å². The second-order valence-electron chi connectivity index (χ2n) is 8.86. The van der Waals surface area contributed by atoms with Crippen molar-refractivity contribution in [2.75, 3.05) is 12.4 Å². The van der Waals surface area contributed by atoms with Crippen LogP contribution in [-0.2, 0) is 14.9 Å². The highest BCUT2D eigenvalue weighted by atomic mass is 16.5. The zero-order chi connectivity index (χ0) is 17.0. The number of para-hydroxylation sites is 1. The first-order chi connectivity index (χ1) is 12.1. The minimum absolute atomic E-state index is 0.0340. The van der Waals surface area contributed by atoms with Gasteiger partial charge in [0.1, 0.15) is 0 Å². The van der Waals surface area contributed by atoms with Gasteiger partial charge in [-0.05, 0) is 36.5 Å². The van der Waals surface area contributed by atoms with E-state index in [1.54, 1.807) is 7.11 Å². The predicted molar refractivity (Wildman–Crippen MR) is 93.8 cm³/mol. The lowest BCUT2D eigenvalue weighted by molar-refractivity contribution is -0.640. The van der Waals surface area contributed by atoms with E-state index >= 15 is 0 Å². The van der Waals surface area contributed by atoms with E-state index in [0.29, 0.717) is 17.9 Å². The van der Waals surface area contributed by atoms with Crippen molar-refractivity contribution in [2.24, 2.45) is 23.2 Å². The highest BCUT2D eigenvalue weighted by Crippen LogP contribution is 2.81. The Bertz CT molecular complexity index is 835. The van der Waals surface area contributed by atoms with Crippen LogP contribution in [0, 0.1) is 23.2 Å². The van der Waals surface area contributed by atoms with Crippen LogP contribution in [0.15, 0.2) is 36.5 Å². The van der Waals surface area contributed by atoms with Gasteiger partial charge in [0, 0.05) is 28.9 Å². The monoisotopic (exact) mass is 337 g/mol. The normalized spacial score (nSPS) is 50.2. The second-order valence-corrected chi connectivity index (χ2v) is 8.86. The van der Waals surface area contributed by atoms with Gasteiger partial charge in [-0.2, -0.15) is 0 Å². The molecule has 0 radical (unpaired) electrons. The average molecular weight is 337 g/mol. The van der Waals surface area contributed by atoms with Crippen molar-refractivity contribution in [3.63, 3.8) is 0 Å². The zero-order valence-electron chi connectivity index (χ0n) is 14.8. The van der Waals surface area contributed by atoms with E-state index < -0.39 is 0 Å². The lowest BCUT2D eigenvalue weighted by Crippen LogP contribution is -2.88. The Morgan fingerprint density at radius 3 is 3.04 bits per heavy atom. The van der Waals surface area contributed by atoms with Crippen LogP contribution in [0.2, 0.25) is 0 Å². The van der Waals surface area contributed by atoms with Crippen LogP contribution >= 0.6 is 0 Å². The summed E-state index contributed by atoms with van der Waals surface area (Å²) >= 11 is 0. The number of benzene rings is 1. The summed E-state index contributed by atoms with van der Waals surface area (Å²) < 4.78 is 5.31. The van der Waals surface area contributed by atoms with Gasteiger partial charge < -0.3 is 15.4 Å². The molecular weight excluding hydrogens is 312 g/mol. The van der Waals surface area contributed by atoms with Crippen molar-refractivity contribution in [1.29, 1.82) is 0 Å². The fourth-order valence-electron chi connectivity index (χ4n) is 8.26. The quantitative estimate of drug-likeness (QED) is 0.768. The topological polar surface area (TPSA) is 54.9 Å². The van der Waals surface area contributed by atoms with Crippen molar-refractivity contribution >= 4 is 11.7 Å². The Balaban J connectivity index is 1.69. The number of methoxy groups -OCH3 is 1. The first kappa shape index (κ1) is 14.4. The van der Waals surface area contributed by atoms with E-state index in [4.69, 9.17) is 4.74 Å². The lowest BCUT2D eigenvalue weighted by atomic mass is 9.55. The zero-order valence-corrected chi connectivity index (χ0v) is 14.8. The van der Waals surface area contributed by atoms with E-state index in [2.05, 4.69) is 54.1 Å². The summed E-state index contributed by atoms with van der Waals surface area (Å²) in [6, 6.07) is 9.43. The summed E-state index contributed by atoms with van der Waals surface area (Å²) in [6.45, 7) is 2.38. The lowest BCUT2D eigenvalue weighted by Gasteiger charge is -2.49. The fraction of sp³-hybridized carbons (Fsp3) is 0.571. The van der Waals surface area contributed by atoms with Gasteiger partial charge in [0.2, 0.25) is 0 Å². The van der Waals surface area contributed by atoms with Crippen molar-refractivity contribution in [3.8, 4) is 0 Å². The van der Waals surface area contributed by atoms with Gasteiger partial charge in [0.15, 0.2) is 0 Å². The molecule has 6 rings (SSSR count). The van der Waals surface area contributed by atoms with Gasteiger partial charge in [-0.3, -0.25) is 4.79 Å². The van der Waals surface area contributed by atoms with E-state index in [1.165, 1.54) is 24.1 Å². The maximum Gasteiger partial charge on any atom is 0.311 e. The van der Waals surface area contributed by atoms with Crippen LogP contribution in [0.5, 0.6) is 0 Å². The molecule has 0 amide bonds. The predicted octanol–water partition coefficient (Wildman–Crippen LogP) is 1.79. The van der Waals surface area contributed by atoms with Crippen LogP contribution in [0.25, 0.3) is 0 Å². The number of nitrogens with one attached hydrogen (secondary N) is 1. The molecule has 3 fully saturated rings. The maximum atomic E-state index is 12.9. The van der Waals surface area contributed by atoms with Crippen LogP contribution in [0.1, 0.15) is 31.7 Å². The third-order valence-corrected chi connectivity index (χ3v) is 8.74. The molecule has 1 aromatic carbocycles. The molecule has 3 N–H and O–H groups in total. The standard InChI is InChI=1S/C21H24N2O2/c1-12-19-9-10-22-16-7-8-20(17(16)19)13-5-3-4-6-15(13)23-21(12,20)14(11-19)18(24)25-2/h3-6,9-10,12,14,16-17,22-23H,7-8,11H2,1-2H3/p+1/t12-,14+,16-,17-,19+,20-,21-/m1/s1. The molecule has 130 valence electrons. The molecule has 4 heteroatoms. The molecule has 3 spiro atoms. The highest BCUT2D eigenvalue weighted by Gasteiger charge is 2.86. The molecule has 2 heterocycles. The third kappa shape index (κ3) is 1.19. The Morgan fingerprint density at radius 1 is 1.36 bits per heavy atom. The molecule has 3 saturated carbocycles. The van der Waals surface area contributed by atoms with E-state index in [-0.39, 0.29) is 28.3 Å². The van der Waals surface area contributed by atoms with Crippen molar-refractivity contribution in [1.82, 2.24) is 0 Å². The number of anilines is 1. The number of carbonyl (C=O) groups is 1. The van der Waals surface area contributed by atoms with E-state index in [1.807, 2.05) is 0 Å². The Hall–Kier alpha value is -1.81. The summed E-state index contributed by atoms with van der Waals surface area (Å²) in [7, 11) is 1.54. The number of esters is 1. The minimum atomic E-state index is -0.203.